The Morgan fingerprint density at radius 2 is 2.05 bits per heavy atom. The molecule has 3 rings (SSSR count). The van der Waals surface area contributed by atoms with E-state index in [9.17, 15) is 4.79 Å². The summed E-state index contributed by atoms with van der Waals surface area (Å²) in [5.74, 6) is -0.994. The zero-order chi connectivity index (χ0) is 13.2. The van der Waals surface area contributed by atoms with E-state index >= 15 is 0 Å². The van der Waals surface area contributed by atoms with E-state index in [-0.39, 0.29) is 5.56 Å². The number of nitrogens with zero attached hydrogens (tertiary/aromatic N) is 2. The Morgan fingerprint density at radius 3 is 2.84 bits per heavy atom. The minimum absolute atomic E-state index is 0.174. The highest BCUT2D eigenvalue weighted by Crippen LogP contribution is 2.28. The zero-order valence-electron chi connectivity index (χ0n) is 9.70. The van der Waals surface area contributed by atoms with E-state index in [1.165, 1.54) is 17.8 Å². The van der Waals surface area contributed by atoms with Gasteiger partial charge in [0, 0.05) is 6.20 Å². The number of hydrogen-bond donors (Lipinski definition) is 2. The van der Waals surface area contributed by atoms with Gasteiger partial charge in [-0.3, -0.25) is 0 Å². The molecule has 0 spiro atoms. The molecule has 0 aliphatic heterocycles. The number of aromatic amines is 1. The van der Waals surface area contributed by atoms with E-state index in [4.69, 9.17) is 5.11 Å². The van der Waals surface area contributed by atoms with Gasteiger partial charge in [-0.15, -0.1) is 0 Å². The molecule has 1 aromatic carbocycles. The fourth-order valence-electron chi connectivity index (χ4n) is 1.70. The molecule has 19 heavy (non-hydrogen) atoms. The molecule has 6 heteroatoms. The summed E-state index contributed by atoms with van der Waals surface area (Å²) >= 11 is 1.21. The quantitative estimate of drug-likeness (QED) is 0.765. The van der Waals surface area contributed by atoms with Gasteiger partial charge in [-0.2, -0.15) is 0 Å². The van der Waals surface area contributed by atoms with Gasteiger partial charge >= 0.3 is 5.97 Å². The summed E-state index contributed by atoms with van der Waals surface area (Å²) in [7, 11) is 0. The number of carbonyl (C=O) groups is 1. The summed E-state index contributed by atoms with van der Waals surface area (Å²) in [6.07, 6.45) is 1.57. The van der Waals surface area contributed by atoms with Gasteiger partial charge in [0.25, 0.3) is 0 Å². The fraction of sp³-hybridized carbons (Fsp3) is 0. The second kappa shape index (κ2) is 4.74. The lowest BCUT2D eigenvalue weighted by atomic mass is 10.3. The third kappa shape index (κ3) is 2.30. The van der Waals surface area contributed by atoms with Crippen LogP contribution in [-0.4, -0.2) is 26.0 Å². The first-order valence-electron chi connectivity index (χ1n) is 5.55. The number of carboxylic acid groups (broad SMARTS) is 1. The molecule has 0 fully saturated rings. The van der Waals surface area contributed by atoms with Crippen LogP contribution >= 0.6 is 11.8 Å². The molecule has 5 nitrogen and oxygen atoms in total. The molecule has 0 aliphatic rings. The van der Waals surface area contributed by atoms with Crippen LogP contribution in [0, 0.1) is 0 Å². The van der Waals surface area contributed by atoms with Crippen LogP contribution in [0.4, 0.5) is 0 Å². The largest absolute Gasteiger partial charge is 0.478 e. The summed E-state index contributed by atoms with van der Waals surface area (Å²) in [6.45, 7) is 0. The van der Waals surface area contributed by atoms with Crippen molar-refractivity contribution in [1.82, 2.24) is 15.0 Å². The maximum Gasteiger partial charge on any atom is 0.338 e. The Hall–Kier alpha value is -2.34. The van der Waals surface area contributed by atoms with Gasteiger partial charge < -0.3 is 10.1 Å². The third-order valence-electron chi connectivity index (χ3n) is 2.56. The number of aromatic nitrogens is 3. The molecule has 94 valence electrons. The molecule has 0 saturated heterocycles. The van der Waals surface area contributed by atoms with Gasteiger partial charge in [0.15, 0.2) is 5.16 Å². The highest BCUT2D eigenvalue weighted by atomic mass is 32.2. The van der Waals surface area contributed by atoms with Crippen LogP contribution in [0.25, 0.3) is 11.0 Å². The highest BCUT2D eigenvalue weighted by molar-refractivity contribution is 7.99. The second-order valence-corrected chi connectivity index (χ2v) is 4.80. The standard InChI is InChI=1S/C13H9N3O2S/c17-12(18)8-4-3-7-14-11(8)19-13-15-9-5-1-2-6-10(9)16-13/h1-7H,(H,15,16)(H,17,18). The van der Waals surface area contributed by atoms with Crippen LogP contribution in [0.5, 0.6) is 0 Å². The van der Waals surface area contributed by atoms with Crippen LogP contribution in [0.2, 0.25) is 0 Å². The number of aromatic carboxylic acids is 1. The van der Waals surface area contributed by atoms with Crippen molar-refractivity contribution in [3.63, 3.8) is 0 Å². The number of pyridine rings is 1. The first-order chi connectivity index (χ1) is 9.24. The molecule has 2 N–H and O–H groups in total. The summed E-state index contributed by atoms with van der Waals surface area (Å²) in [5, 5.41) is 10.2. The molecular formula is C13H9N3O2S. The van der Waals surface area contributed by atoms with Crippen molar-refractivity contribution in [2.75, 3.05) is 0 Å². The van der Waals surface area contributed by atoms with Crippen molar-refractivity contribution in [1.29, 1.82) is 0 Å². The van der Waals surface area contributed by atoms with Crippen molar-refractivity contribution >= 4 is 28.8 Å². The van der Waals surface area contributed by atoms with Crippen LogP contribution in [-0.2, 0) is 0 Å². The topological polar surface area (TPSA) is 78.9 Å². The number of nitrogens with one attached hydrogen (secondary N) is 1. The van der Waals surface area contributed by atoms with Gasteiger partial charge in [0.05, 0.1) is 16.6 Å². The number of rotatable bonds is 3. The molecule has 0 atom stereocenters. The molecule has 0 amide bonds. The minimum atomic E-state index is -0.994. The summed E-state index contributed by atoms with van der Waals surface area (Å²) in [6, 6.07) is 10.8. The molecule has 2 heterocycles. The average molecular weight is 271 g/mol. The van der Waals surface area contributed by atoms with E-state index in [0.717, 1.165) is 11.0 Å². The number of imidazole rings is 1. The first kappa shape index (κ1) is 11.7. The number of H-pyrrole nitrogens is 1. The Labute approximate surface area is 112 Å². The van der Waals surface area contributed by atoms with E-state index in [1.54, 1.807) is 12.3 Å². The fourth-order valence-corrected chi connectivity index (χ4v) is 2.57. The zero-order valence-corrected chi connectivity index (χ0v) is 10.5. The van der Waals surface area contributed by atoms with Gasteiger partial charge in [-0.1, -0.05) is 12.1 Å². The van der Waals surface area contributed by atoms with Crippen LogP contribution < -0.4 is 0 Å². The maximum absolute atomic E-state index is 11.1. The number of benzene rings is 1. The second-order valence-electron chi connectivity index (χ2n) is 3.82. The number of fused-ring (bicyclic) bond motifs is 1. The van der Waals surface area contributed by atoms with Gasteiger partial charge in [-0.05, 0) is 36.0 Å². The smallest absolute Gasteiger partial charge is 0.338 e. The Morgan fingerprint density at radius 1 is 1.21 bits per heavy atom. The lowest BCUT2D eigenvalue weighted by Gasteiger charge is -2.01. The SMILES string of the molecule is O=C(O)c1cccnc1Sc1nc2ccccc2[nH]1. The predicted octanol–water partition coefficient (Wildman–Crippen LogP) is 2.81. The molecular weight excluding hydrogens is 262 g/mol. The minimum Gasteiger partial charge on any atom is -0.478 e. The van der Waals surface area contributed by atoms with E-state index in [2.05, 4.69) is 15.0 Å². The molecule has 0 saturated carbocycles. The number of para-hydroxylation sites is 2. The van der Waals surface area contributed by atoms with E-state index in [0.29, 0.717) is 10.2 Å². The van der Waals surface area contributed by atoms with Crippen molar-refractivity contribution in [2.24, 2.45) is 0 Å². The first-order valence-corrected chi connectivity index (χ1v) is 6.36. The van der Waals surface area contributed by atoms with Gasteiger partial charge in [0.1, 0.15) is 5.03 Å². The van der Waals surface area contributed by atoms with Gasteiger partial charge in [0.2, 0.25) is 0 Å². The maximum atomic E-state index is 11.1. The van der Waals surface area contributed by atoms with Crippen molar-refractivity contribution in [2.45, 2.75) is 10.2 Å². The lowest BCUT2D eigenvalue weighted by Crippen LogP contribution is -2.00. The van der Waals surface area contributed by atoms with Gasteiger partial charge in [-0.25, -0.2) is 14.8 Å². The molecule has 0 radical (unpaired) electrons. The summed E-state index contributed by atoms with van der Waals surface area (Å²) in [5.41, 5.74) is 1.93. The lowest BCUT2D eigenvalue weighted by molar-refractivity contribution is 0.0692. The average Bonchev–Trinajstić information content (AvgIpc) is 2.81. The van der Waals surface area contributed by atoms with Crippen LogP contribution in [0.1, 0.15) is 10.4 Å². The monoisotopic (exact) mass is 271 g/mol. The van der Waals surface area contributed by atoms with Crippen molar-refractivity contribution in [3.8, 4) is 0 Å². The van der Waals surface area contributed by atoms with Crippen molar-refractivity contribution in [3.05, 3.63) is 48.2 Å². The number of hydrogen-bond acceptors (Lipinski definition) is 4. The highest BCUT2D eigenvalue weighted by Gasteiger charge is 2.13. The number of carboxylic acids is 1. The third-order valence-corrected chi connectivity index (χ3v) is 3.47. The predicted molar refractivity (Wildman–Crippen MR) is 71.4 cm³/mol. The normalized spacial score (nSPS) is 10.7. The Kier molecular flexibility index (Phi) is 2.92. The Bertz CT molecular complexity index is 721. The molecule has 0 aliphatic carbocycles. The van der Waals surface area contributed by atoms with Crippen LogP contribution in [0.15, 0.2) is 52.8 Å². The van der Waals surface area contributed by atoms with Crippen LogP contribution in [0.3, 0.4) is 0 Å². The molecule has 0 unspecified atom stereocenters. The molecule has 3 aromatic rings. The summed E-state index contributed by atoms with van der Waals surface area (Å²) < 4.78 is 0. The van der Waals surface area contributed by atoms with E-state index < -0.39 is 5.97 Å². The summed E-state index contributed by atoms with van der Waals surface area (Å²) in [4.78, 5) is 22.7. The van der Waals surface area contributed by atoms with E-state index in [1.807, 2.05) is 24.3 Å². The Balaban J connectivity index is 1.99. The molecule has 2 aromatic heterocycles. The van der Waals surface area contributed by atoms with Crippen molar-refractivity contribution < 1.29 is 9.90 Å². The molecule has 0 bridgehead atoms.